The molecule has 98 valence electrons. The van der Waals surface area contributed by atoms with Gasteiger partial charge in [-0.1, -0.05) is 0 Å². The fraction of sp³-hybridized carbons (Fsp3) is 0.818. The van der Waals surface area contributed by atoms with Crippen molar-refractivity contribution in [1.82, 2.24) is 15.5 Å². The number of carbonyl (C=O) groups is 2. The molecule has 6 nitrogen and oxygen atoms in total. The molecule has 3 amide bonds. The van der Waals surface area contributed by atoms with Crippen molar-refractivity contribution in [2.24, 2.45) is 0 Å². The van der Waals surface area contributed by atoms with Gasteiger partial charge in [0.15, 0.2) is 0 Å². The van der Waals surface area contributed by atoms with Crippen molar-refractivity contribution in [1.29, 1.82) is 0 Å². The lowest BCUT2D eigenvalue weighted by atomic mass is 10.0. The molecule has 0 aliphatic carbocycles. The first-order valence-corrected chi connectivity index (χ1v) is 5.81. The molecule has 17 heavy (non-hydrogen) atoms. The largest absolute Gasteiger partial charge is 0.448 e. The maximum atomic E-state index is 11.4. The van der Waals surface area contributed by atoms with E-state index in [0.717, 1.165) is 0 Å². The summed E-state index contributed by atoms with van der Waals surface area (Å²) in [6, 6.07) is -0.129. The minimum atomic E-state index is -0.443. The summed E-state index contributed by atoms with van der Waals surface area (Å²) in [7, 11) is 0. The van der Waals surface area contributed by atoms with Gasteiger partial charge >= 0.3 is 12.1 Å². The Hall–Kier alpha value is -1.46. The fourth-order valence-electron chi connectivity index (χ4n) is 1.65. The molecule has 0 saturated carbocycles. The molecule has 1 saturated heterocycles. The maximum absolute atomic E-state index is 11.4. The molecule has 0 bridgehead atoms. The van der Waals surface area contributed by atoms with Crippen LogP contribution in [0, 0.1) is 0 Å². The van der Waals surface area contributed by atoms with Gasteiger partial charge in [0, 0.05) is 12.6 Å². The van der Waals surface area contributed by atoms with Crippen LogP contribution in [0.4, 0.5) is 9.59 Å². The number of urea groups is 1. The second-order valence-electron chi connectivity index (χ2n) is 5.06. The van der Waals surface area contributed by atoms with Crippen LogP contribution in [0.15, 0.2) is 0 Å². The van der Waals surface area contributed by atoms with E-state index in [4.69, 9.17) is 4.74 Å². The van der Waals surface area contributed by atoms with E-state index in [2.05, 4.69) is 10.6 Å². The Morgan fingerprint density at radius 2 is 2.18 bits per heavy atom. The van der Waals surface area contributed by atoms with Gasteiger partial charge in [-0.3, -0.25) is 4.90 Å². The number of hydrogen-bond acceptors (Lipinski definition) is 3. The lowest BCUT2D eigenvalue weighted by Gasteiger charge is -2.33. The zero-order chi connectivity index (χ0) is 13.1. The highest BCUT2D eigenvalue weighted by atomic mass is 16.6. The second-order valence-corrected chi connectivity index (χ2v) is 5.06. The van der Waals surface area contributed by atoms with E-state index in [1.54, 1.807) is 4.90 Å². The zero-order valence-corrected chi connectivity index (χ0v) is 10.9. The number of carbonyl (C=O) groups excluding carboxylic acids is 2. The maximum Gasteiger partial charge on any atom is 0.410 e. The summed E-state index contributed by atoms with van der Waals surface area (Å²) in [5, 5.41) is 5.48. The Morgan fingerprint density at radius 1 is 1.53 bits per heavy atom. The third-order valence-corrected chi connectivity index (χ3v) is 2.59. The smallest absolute Gasteiger partial charge is 0.410 e. The predicted molar refractivity (Wildman–Crippen MR) is 63.8 cm³/mol. The molecule has 0 spiro atoms. The average Bonchev–Trinajstić information content (AvgIpc) is 2.61. The van der Waals surface area contributed by atoms with Crippen LogP contribution in [0.3, 0.4) is 0 Å². The number of ether oxygens (including phenoxy) is 1. The van der Waals surface area contributed by atoms with E-state index in [-0.39, 0.29) is 18.2 Å². The Kier molecular flexibility index (Phi) is 4.20. The van der Waals surface area contributed by atoms with Gasteiger partial charge in [0.2, 0.25) is 0 Å². The van der Waals surface area contributed by atoms with E-state index >= 15 is 0 Å². The van der Waals surface area contributed by atoms with Gasteiger partial charge in [-0.05, 0) is 27.7 Å². The van der Waals surface area contributed by atoms with Gasteiger partial charge in [0.25, 0.3) is 0 Å². The highest BCUT2D eigenvalue weighted by Crippen LogP contribution is 2.18. The zero-order valence-electron chi connectivity index (χ0n) is 10.9. The van der Waals surface area contributed by atoms with Crippen LogP contribution in [0.1, 0.15) is 27.7 Å². The summed E-state index contributed by atoms with van der Waals surface area (Å²) in [6.07, 6.45) is -0.318. The van der Waals surface area contributed by atoms with Crippen LogP contribution in [0.2, 0.25) is 0 Å². The van der Waals surface area contributed by atoms with Crippen LogP contribution in [-0.4, -0.2) is 48.3 Å². The Labute approximate surface area is 102 Å². The Bertz CT molecular complexity index is 302. The van der Waals surface area contributed by atoms with Crippen molar-refractivity contribution in [3.63, 3.8) is 0 Å². The summed E-state index contributed by atoms with van der Waals surface area (Å²) < 4.78 is 4.88. The van der Waals surface area contributed by atoms with Crippen molar-refractivity contribution in [3.05, 3.63) is 0 Å². The van der Waals surface area contributed by atoms with Crippen molar-refractivity contribution < 1.29 is 14.3 Å². The lowest BCUT2D eigenvalue weighted by Crippen LogP contribution is -2.54. The highest BCUT2D eigenvalue weighted by Gasteiger charge is 2.35. The number of rotatable bonds is 4. The van der Waals surface area contributed by atoms with Gasteiger partial charge in [0.1, 0.15) is 6.61 Å². The molecule has 1 rings (SSSR count). The number of cyclic esters (lactones) is 1. The SMILES string of the molecule is CC(C)NC(=O)NCC(C)(C)N1CCOC1=O. The third-order valence-electron chi connectivity index (χ3n) is 2.59. The molecule has 0 aromatic rings. The van der Waals surface area contributed by atoms with Crippen molar-refractivity contribution in [2.75, 3.05) is 19.7 Å². The van der Waals surface area contributed by atoms with E-state index in [1.165, 1.54) is 0 Å². The average molecular weight is 243 g/mol. The lowest BCUT2D eigenvalue weighted by molar-refractivity contribution is 0.125. The standard InChI is InChI=1S/C11H21N3O3/c1-8(2)13-9(15)12-7-11(3,4)14-5-6-17-10(14)16/h8H,5-7H2,1-4H3,(H2,12,13,15). The van der Waals surface area contributed by atoms with Crippen molar-refractivity contribution in [3.8, 4) is 0 Å². The molecule has 1 fully saturated rings. The van der Waals surface area contributed by atoms with Gasteiger partial charge in [-0.15, -0.1) is 0 Å². The molecule has 0 unspecified atom stereocenters. The quantitative estimate of drug-likeness (QED) is 0.771. The van der Waals surface area contributed by atoms with E-state index < -0.39 is 5.54 Å². The van der Waals surface area contributed by atoms with Crippen LogP contribution in [0.25, 0.3) is 0 Å². The predicted octanol–water partition coefficient (Wildman–Crippen LogP) is 0.925. The van der Waals surface area contributed by atoms with Crippen LogP contribution in [0.5, 0.6) is 0 Å². The van der Waals surface area contributed by atoms with Crippen molar-refractivity contribution >= 4 is 12.1 Å². The third kappa shape index (κ3) is 3.80. The molecule has 6 heteroatoms. The first kappa shape index (κ1) is 13.6. The first-order valence-electron chi connectivity index (χ1n) is 5.81. The summed E-state index contributed by atoms with van der Waals surface area (Å²) in [5.41, 5.74) is -0.443. The summed E-state index contributed by atoms with van der Waals surface area (Å²) in [5.74, 6) is 0. The van der Waals surface area contributed by atoms with Crippen molar-refractivity contribution in [2.45, 2.75) is 39.3 Å². The topological polar surface area (TPSA) is 70.7 Å². The van der Waals surface area contributed by atoms with E-state index in [1.807, 2.05) is 27.7 Å². The first-order chi connectivity index (χ1) is 7.83. The van der Waals surface area contributed by atoms with Crippen LogP contribution < -0.4 is 10.6 Å². The highest BCUT2D eigenvalue weighted by molar-refractivity contribution is 5.74. The minimum Gasteiger partial charge on any atom is -0.448 e. The molecule has 2 N–H and O–H groups in total. The molecule has 0 atom stereocenters. The molecular weight excluding hydrogens is 222 g/mol. The van der Waals surface area contributed by atoms with Gasteiger partial charge in [-0.25, -0.2) is 9.59 Å². The number of nitrogens with one attached hydrogen (secondary N) is 2. The molecule has 0 aromatic carbocycles. The Morgan fingerprint density at radius 3 is 2.65 bits per heavy atom. The second kappa shape index (κ2) is 5.25. The summed E-state index contributed by atoms with van der Waals surface area (Å²) in [6.45, 7) is 8.95. The minimum absolute atomic E-state index is 0.0925. The number of nitrogens with zero attached hydrogens (tertiary/aromatic N) is 1. The van der Waals surface area contributed by atoms with Gasteiger partial charge in [0.05, 0.1) is 12.1 Å². The van der Waals surface area contributed by atoms with Gasteiger partial charge < -0.3 is 15.4 Å². The molecule has 1 heterocycles. The fourth-order valence-corrected chi connectivity index (χ4v) is 1.65. The molecule has 1 aliphatic rings. The summed E-state index contributed by atoms with van der Waals surface area (Å²) in [4.78, 5) is 24.5. The summed E-state index contributed by atoms with van der Waals surface area (Å²) >= 11 is 0. The molecule has 0 radical (unpaired) electrons. The van der Waals surface area contributed by atoms with E-state index in [0.29, 0.717) is 19.7 Å². The number of hydrogen-bond donors (Lipinski definition) is 2. The number of amides is 3. The Balaban J connectivity index is 2.44. The molecule has 1 aliphatic heterocycles. The van der Waals surface area contributed by atoms with Crippen LogP contribution >= 0.6 is 0 Å². The molecular formula is C11H21N3O3. The van der Waals surface area contributed by atoms with E-state index in [9.17, 15) is 9.59 Å². The monoisotopic (exact) mass is 243 g/mol. The molecule has 0 aromatic heterocycles. The van der Waals surface area contributed by atoms with Gasteiger partial charge in [-0.2, -0.15) is 0 Å². The van der Waals surface area contributed by atoms with Crippen LogP contribution in [-0.2, 0) is 4.74 Å². The normalized spacial score (nSPS) is 16.1.